The largest absolute Gasteiger partial charge is 0.484 e. The van der Waals surface area contributed by atoms with E-state index in [0.717, 1.165) is 35.6 Å². The molecule has 2 aromatic heterocycles. The number of fused-ring (bicyclic) bond motifs is 1. The molecule has 1 aliphatic heterocycles. The van der Waals surface area contributed by atoms with E-state index in [2.05, 4.69) is 9.55 Å². The molecule has 1 amide bonds. The SMILES string of the molecule is Cc1ccc(OCC(=O)N2CC[C@H](c3nc4ccncc4n3C)C2)cc1. The second-order valence-electron chi connectivity index (χ2n) is 6.82. The van der Waals surface area contributed by atoms with E-state index in [0.29, 0.717) is 6.54 Å². The summed E-state index contributed by atoms with van der Waals surface area (Å²) < 4.78 is 7.71. The zero-order chi connectivity index (χ0) is 18.1. The Bertz CT molecular complexity index is 933. The predicted molar refractivity (Wildman–Crippen MR) is 99.1 cm³/mol. The topological polar surface area (TPSA) is 60.2 Å². The lowest BCUT2D eigenvalue weighted by atomic mass is 10.1. The number of likely N-dealkylation sites (tertiary alicyclic amines) is 1. The molecule has 6 nitrogen and oxygen atoms in total. The zero-order valence-corrected chi connectivity index (χ0v) is 15.1. The van der Waals surface area contributed by atoms with E-state index in [1.54, 1.807) is 6.20 Å². The number of carbonyl (C=O) groups excluding carboxylic acids is 1. The highest BCUT2D eigenvalue weighted by Crippen LogP contribution is 2.28. The second-order valence-corrected chi connectivity index (χ2v) is 6.82. The maximum Gasteiger partial charge on any atom is 0.260 e. The third kappa shape index (κ3) is 3.14. The van der Waals surface area contributed by atoms with Crippen LogP contribution in [0.25, 0.3) is 11.0 Å². The van der Waals surface area contributed by atoms with Gasteiger partial charge in [0, 0.05) is 32.3 Å². The molecule has 3 aromatic rings. The number of nitrogens with zero attached hydrogens (tertiary/aromatic N) is 4. The van der Waals surface area contributed by atoms with Gasteiger partial charge in [0.15, 0.2) is 6.61 Å². The van der Waals surface area contributed by atoms with Crippen LogP contribution in [0.15, 0.2) is 42.7 Å². The predicted octanol–water partition coefficient (Wildman–Crippen LogP) is 2.67. The summed E-state index contributed by atoms with van der Waals surface area (Å²) in [6, 6.07) is 9.66. The number of benzene rings is 1. The Labute approximate surface area is 152 Å². The smallest absolute Gasteiger partial charge is 0.260 e. The molecule has 1 saturated heterocycles. The molecular weight excluding hydrogens is 328 g/mol. The zero-order valence-electron chi connectivity index (χ0n) is 15.1. The molecule has 1 atom stereocenters. The van der Waals surface area contributed by atoms with E-state index >= 15 is 0 Å². The first kappa shape index (κ1) is 16.6. The molecule has 0 aliphatic carbocycles. The van der Waals surface area contributed by atoms with Gasteiger partial charge in [-0.25, -0.2) is 4.98 Å². The van der Waals surface area contributed by atoms with E-state index < -0.39 is 0 Å². The lowest BCUT2D eigenvalue weighted by Gasteiger charge is -2.17. The molecule has 26 heavy (non-hydrogen) atoms. The van der Waals surface area contributed by atoms with E-state index in [9.17, 15) is 4.79 Å². The number of rotatable bonds is 4. The van der Waals surface area contributed by atoms with Gasteiger partial charge in [-0.2, -0.15) is 0 Å². The third-order valence-corrected chi connectivity index (χ3v) is 5.01. The molecule has 0 N–H and O–H groups in total. The molecule has 0 bridgehead atoms. The van der Waals surface area contributed by atoms with Gasteiger partial charge in [0.1, 0.15) is 11.6 Å². The number of carbonyl (C=O) groups is 1. The van der Waals surface area contributed by atoms with E-state index in [1.165, 1.54) is 5.56 Å². The molecule has 134 valence electrons. The van der Waals surface area contributed by atoms with Crippen molar-refractivity contribution >= 4 is 16.9 Å². The molecule has 0 spiro atoms. The summed E-state index contributed by atoms with van der Waals surface area (Å²) in [5, 5.41) is 0. The van der Waals surface area contributed by atoms with Crippen molar-refractivity contribution in [2.45, 2.75) is 19.3 Å². The minimum Gasteiger partial charge on any atom is -0.484 e. The average molecular weight is 350 g/mol. The first-order valence-electron chi connectivity index (χ1n) is 8.85. The molecular formula is C20H22N4O2. The normalized spacial score (nSPS) is 17.0. The quantitative estimate of drug-likeness (QED) is 0.726. The van der Waals surface area contributed by atoms with Crippen molar-refractivity contribution in [1.29, 1.82) is 0 Å². The molecule has 1 aliphatic rings. The Balaban J connectivity index is 1.40. The number of imidazole rings is 1. The molecule has 1 aromatic carbocycles. The number of hydrogen-bond acceptors (Lipinski definition) is 4. The van der Waals surface area contributed by atoms with Crippen molar-refractivity contribution in [3.63, 3.8) is 0 Å². The minimum atomic E-state index is 0.0218. The minimum absolute atomic E-state index is 0.0218. The molecule has 3 heterocycles. The highest BCUT2D eigenvalue weighted by molar-refractivity contribution is 5.78. The van der Waals surface area contributed by atoms with Crippen LogP contribution in [0.3, 0.4) is 0 Å². The average Bonchev–Trinajstić information content (AvgIpc) is 3.26. The fourth-order valence-corrected chi connectivity index (χ4v) is 3.49. The van der Waals surface area contributed by atoms with Crippen LogP contribution < -0.4 is 4.74 Å². The van der Waals surface area contributed by atoms with Crippen molar-refractivity contribution in [3.8, 4) is 5.75 Å². The lowest BCUT2D eigenvalue weighted by molar-refractivity contribution is -0.132. The highest BCUT2D eigenvalue weighted by atomic mass is 16.5. The Hall–Kier alpha value is -2.89. The number of ether oxygens (including phenoxy) is 1. The highest BCUT2D eigenvalue weighted by Gasteiger charge is 2.30. The summed E-state index contributed by atoms with van der Waals surface area (Å²) in [7, 11) is 2.01. The fourth-order valence-electron chi connectivity index (χ4n) is 3.49. The van der Waals surface area contributed by atoms with Gasteiger partial charge >= 0.3 is 0 Å². The maximum absolute atomic E-state index is 12.5. The lowest BCUT2D eigenvalue weighted by Crippen LogP contribution is -2.33. The number of pyridine rings is 1. The van der Waals surface area contributed by atoms with Gasteiger partial charge in [-0.05, 0) is 31.5 Å². The van der Waals surface area contributed by atoms with Gasteiger partial charge in [-0.1, -0.05) is 17.7 Å². The Kier molecular flexibility index (Phi) is 4.32. The summed E-state index contributed by atoms with van der Waals surface area (Å²) in [5.74, 6) is 2.01. The Morgan fingerprint density at radius 1 is 1.27 bits per heavy atom. The third-order valence-electron chi connectivity index (χ3n) is 5.01. The molecule has 6 heteroatoms. The molecule has 0 radical (unpaired) electrons. The summed E-state index contributed by atoms with van der Waals surface area (Å²) in [4.78, 5) is 23.3. The molecule has 0 saturated carbocycles. The first-order valence-corrected chi connectivity index (χ1v) is 8.85. The van der Waals surface area contributed by atoms with E-state index in [-0.39, 0.29) is 18.4 Å². The first-order chi connectivity index (χ1) is 12.6. The Morgan fingerprint density at radius 3 is 2.85 bits per heavy atom. The monoisotopic (exact) mass is 350 g/mol. The molecule has 4 rings (SSSR count). The van der Waals surface area contributed by atoms with Crippen LogP contribution in [0, 0.1) is 6.92 Å². The number of hydrogen-bond donors (Lipinski definition) is 0. The van der Waals surface area contributed by atoms with Gasteiger partial charge in [0.05, 0.1) is 17.2 Å². The Morgan fingerprint density at radius 2 is 2.08 bits per heavy atom. The number of aromatic nitrogens is 3. The van der Waals surface area contributed by atoms with Gasteiger partial charge in [-0.15, -0.1) is 0 Å². The van der Waals surface area contributed by atoms with E-state index in [1.807, 2.05) is 55.4 Å². The van der Waals surface area contributed by atoms with Gasteiger partial charge in [-0.3, -0.25) is 9.78 Å². The van der Waals surface area contributed by atoms with Crippen LogP contribution in [-0.4, -0.2) is 45.0 Å². The number of amides is 1. The van der Waals surface area contributed by atoms with Crippen LogP contribution in [0.5, 0.6) is 5.75 Å². The summed E-state index contributed by atoms with van der Waals surface area (Å²) in [6.45, 7) is 3.52. The van der Waals surface area contributed by atoms with Crippen LogP contribution >= 0.6 is 0 Å². The standard InChI is InChI=1S/C20H22N4O2/c1-14-3-5-16(6-4-14)26-13-19(25)24-10-8-15(12-24)20-22-17-7-9-21-11-18(17)23(20)2/h3-7,9,11,15H,8,10,12-13H2,1-2H3/t15-/m0/s1. The summed E-state index contributed by atoms with van der Waals surface area (Å²) >= 11 is 0. The second kappa shape index (κ2) is 6.78. The van der Waals surface area contributed by atoms with Crippen molar-refractivity contribution in [2.24, 2.45) is 7.05 Å². The number of aryl methyl sites for hydroxylation is 2. The van der Waals surface area contributed by atoms with Gasteiger partial charge < -0.3 is 14.2 Å². The van der Waals surface area contributed by atoms with Crippen LogP contribution in [0.1, 0.15) is 23.7 Å². The van der Waals surface area contributed by atoms with Crippen LogP contribution in [0.4, 0.5) is 0 Å². The maximum atomic E-state index is 12.5. The van der Waals surface area contributed by atoms with Gasteiger partial charge in [0.2, 0.25) is 0 Å². The van der Waals surface area contributed by atoms with Crippen LogP contribution in [-0.2, 0) is 11.8 Å². The summed E-state index contributed by atoms with van der Waals surface area (Å²) in [5.41, 5.74) is 3.14. The molecule has 1 fully saturated rings. The van der Waals surface area contributed by atoms with Gasteiger partial charge in [0.25, 0.3) is 5.91 Å². The van der Waals surface area contributed by atoms with Crippen molar-refractivity contribution in [3.05, 3.63) is 54.1 Å². The van der Waals surface area contributed by atoms with Crippen molar-refractivity contribution in [2.75, 3.05) is 19.7 Å². The van der Waals surface area contributed by atoms with Crippen molar-refractivity contribution < 1.29 is 9.53 Å². The summed E-state index contributed by atoms with van der Waals surface area (Å²) in [6.07, 6.45) is 4.51. The molecule has 0 unspecified atom stereocenters. The fraction of sp³-hybridized carbons (Fsp3) is 0.350. The van der Waals surface area contributed by atoms with Crippen molar-refractivity contribution in [1.82, 2.24) is 19.4 Å². The van der Waals surface area contributed by atoms with Crippen LogP contribution in [0.2, 0.25) is 0 Å². The van der Waals surface area contributed by atoms with E-state index in [4.69, 9.17) is 9.72 Å².